The maximum atomic E-state index is 14.2. The summed E-state index contributed by atoms with van der Waals surface area (Å²) in [6, 6.07) is 21.0. The van der Waals surface area contributed by atoms with Crippen LogP contribution in [-0.4, -0.2) is 28.1 Å². The second-order valence-corrected chi connectivity index (χ2v) is 13.2. The Morgan fingerprint density at radius 2 is 1.40 bits per heavy atom. The van der Waals surface area contributed by atoms with Crippen LogP contribution in [0.5, 0.6) is 5.75 Å². The molecule has 0 fully saturated rings. The van der Waals surface area contributed by atoms with Crippen molar-refractivity contribution in [2.75, 3.05) is 0 Å². The fourth-order valence-corrected chi connectivity index (χ4v) is 5.65. The molecule has 3 aromatic carbocycles. The van der Waals surface area contributed by atoms with Gasteiger partial charge in [-0.05, 0) is 73.6 Å². The van der Waals surface area contributed by atoms with Crippen molar-refractivity contribution in [3.05, 3.63) is 99.6 Å². The zero-order chi connectivity index (χ0) is 31.9. The lowest BCUT2D eigenvalue weighted by Gasteiger charge is -2.32. The van der Waals surface area contributed by atoms with E-state index in [1.165, 1.54) is 11.8 Å². The highest BCUT2D eigenvalue weighted by Crippen LogP contribution is 2.39. The van der Waals surface area contributed by atoms with Gasteiger partial charge in [-0.3, -0.25) is 10.1 Å². The van der Waals surface area contributed by atoms with E-state index >= 15 is 0 Å². The number of para-hydroxylation sites is 1. The quantitative estimate of drug-likeness (QED) is 0.101. The molecule has 230 valence electrons. The number of carbonyl (C=O) groups excluding carboxylic acids is 2. The Balaban J connectivity index is 2.12. The molecule has 0 saturated carbocycles. The van der Waals surface area contributed by atoms with Gasteiger partial charge in [0.1, 0.15) is 17.4 Å². The maximum absolute atomic E-state index is 14.2. The average molecular weight is 607 g/mol. The van der Waals surface area contributed by atoms with Crippen molar-refractivity contribution in [3.8, 4) is 5.75 Å². The summed E-state index contributed by atoms with van der Waals surface area (Å²) in [7, 11) is 0. The second kappa shape index (κ2) is 14.1. The molecule has 0 spiro atoms. The number of hydrogen-bond donors (Lipinski definition) is 1. The molecule has 3 rings (SSSR count). The number of benzene rings is 3. The smallest absolute Gasteiger partial charge is 0.408 e. The lowest BCUT2D eigenvalue weighted by molar-refractivity contribution is -0.561. The fraction of sp³-hybridized carbons (Fsp3) is 0.412. The third-order valence-corrected chi connectivity index (χ3v) is 8.08. The van der Waals surface area contributed by atoms with E-state index in [0.29, 0.717) is 11.3 Å². The van der Waals surface area contributed by atoms with Gasteiger partial charge in [0.15, 0.2) is 0 Å². The Hall–Kier alpha value is -3.85. The van der Waals surface area contributed by atoms with Gasteiger partial charge in [-0.2, -0.15) is 0 Å². The predicted octanol–water partition coefficient (Wildman–Crippen LogP) is 8.68. The van der Waals surface area contributed by atoms with Crippen LogP contribution < -0.4 is 10.1 Å². The van der Waals surface area contributed by atoms with E-state index in [2.05, 4.69) is 5.32 Å². The van der Waals surface area contributed by atoms with Crippen molar-refractivity contribution in [2.45, 2.75) is 101 Å². The van der Waals surface area contributed by atoms with Crippen LogP contribution in [0.15, 0.2) is 82.6 Å². The number of rotatable bonds is 11. The SMILES string of the molecule is CC[C@@](C(=O)Oc1c(C(C)C)cccc1C(C)C)(C(NC(=O)OC(C)(C)C)c1ccc(Sc2ccccc2)cc1)[N+](=O)[O-]. The Labute approximate surface area is 258 Å². The van der Waals surface area contributed by atoms with Gasteiger partial charge in [-0.1, -0.05) is 94.9 Å². The van der Waals surface area contributed by atoms with E-state index in [9.17, 15) is 19.7 Å². The van der Waals surface area contributed by atoms with E-state index < -0.39 is 34.2 Å². The van der Waals surface area contributed by atoms with Gasteiger partial charge in [0.25, 0.3) is 0 Å². The highest BCUT2D eigenvalue weighted by atomic mass is 32.2. The van der Waals surface area contributed by atoms with Gasteiger partial charge in [-0.15, -0.1) is 0 Å². The fourth-order valence-electron chi connectivity index (χ4n) is 4.81. The molecule has 3 aromatic rings. The number of nitrogens with zero attached hydrogens (tertiary/aromatic N) is 1. The summed E-state index contributed by atoms with van der Waals surface area (Å²) in [5, 5.41) is 15.7. The van der Waals surface area contributed by atoms with Crippen LogP contribution in [0.25, 0.3) is 0 Å². The highest BCUT2D eigenvalue weighted by molar-refractivity contribution is 7.99. The van der Waals surface area contributed by atoms with E-state index in [0.717, 1.165) is 20.9 Å². The van der Waals surface area contributed by atoms with Crippen LogP contribution in [0, 0.1) is 10.1 Å². The van der Waals surface area contributed by atoms with E-state index in [1.54, 1.807) is 39.8 Å². The van der Waals surface area contributed by atoms with E-state index in [-0.39, 0.29) is 18.3 Å². The van der Waals surface area contributed by atoms with Crippen LogP contribution in [0.4, 0.5) is 4.79 Å². The Morgan fingerprint density at radius 1 is 0.860 bits per heavy atom. The van der Waals surface area contributed by atoms with Gasteiger partial charge in [0, 0.05) is 21.1 Å². The molecule has 0 aliphatic rings. The number of hydrogen-bond acceptors (Lipinski definition) is 7. The van der Waals surface area contributed by atoms with Crippen LogP contribution in [0.3, 0.4) is 0 Å². The first-order chi connectivity index (χ1) is 20.2. The summed E-state index contributed by atoms with van der Waals surface area (Å²) in [4.78, 5) is 41.6. The van der Waals surface area contributed by atoms with Crippen LogP contribution >= 0.6 is 11.8 Å². The number of carbonyl (C=O) groups is 2. The largest absolute Gasteiger partial charge is 0.444 e. The minimum Gasteiger partial charge on any atom is -0.444 e. The number of nitrogens with one attached hydrogen (secondary N) is 1. The van der Waals surface area contributed by atoms with Gasteiger partial charge in [0.05, 0.1) is 0 Å². The summed E-state index contributed by atoms with van der Waals surface area (Å²) >= 11 is 1.53. The second-order valence-electron chi connectivity index (χ2n) is 12.1. The zero-order valence-electron chi connectivity index (χ0n) is 26.2. The van der Waals surface area contributed by atoms with Gasteiger partial charge in [-0.25, -0.2) is 9.59 Å². The minimum absolute atomic E-state index is 0.00141. The molecule has 0 radical (unpaired) electrons. The lowest BCUT2D eigenvalue weighted by atomic mass is 9.83. The zero-order valence-corrected chi connectivity index (χ0v) is 27.0. The maximum Gasteiger partial charge on any atom is 0.408 e. The highest BCUT2D eigenvalue weighted by Gasteiger charge is 2.59. The Bertz CT molecular complexity index is 1390. The summed E-state index contributed by atoms with van der Waals surface area (Å²) < 4.78 is 11.5. The summed E-state index contributed by atoms with van der Waals surface area (Å²) in [6.07, 6.45) is -1.13. The molecule has 1 N–H and O–H groups in total. The molecule has 9 heteroatoms. The monoisotopic (exact) mass is 606 g/mol. The number of ether oxygens (including phenoxy) is 2. The molecule has 0 heterocycles. The first-order valence-corrected chi connectivity index (χ1v) is 15.3. The summed E-state index contributed by atoms with van der Waals surface area (Å²) in [5.41, 5.74) is -1.31. The number of alkyl carbamates (subject to hydrolysis) is 1. The van der Waals surface area contributed by atoms with Crippen molar-refractivity contribution in [3.63, 3.8) is 0 Å². The molecule has 0 aliphatic carbocycles. The molecule has 8 nitrogen and oxygen atoms in total. The number of nitro groups is 1. The van der Waals surface area contributed by atoms with Crippen LogP contribution in [0.1, 0.15) is 96.4 Å². The lowest BCUT2D eigenvalue weighted by Crippen LogP contribution is -2.58. The van der Waals surface area contributed by atoms with Gasteiger partial charge >= 0.3 is 17.6 Å². The molecular formula is C34H42N2O6S. The topological polar surface area (TPSA) is 108 Å². The standard InChI is InChI=1S/C34H42N2O6S/c1-9-34(36(39)40,31(37)41-29-27(22(2)3)16-13-17-28(29)23(4)5)30(35-32(38)42-33(6,7)8)24-18-20-26(21-19-24)43-25-14-11-10-12-15-25/h10-23,30H,9H2,1-8H3,(H,35,38)/t30?,34-/m0/s1. The third-order valence-electron chi connectivity index (χ3n) is 7.06. The molecule has 0 aliphatic heterocycles. The van der Waals surface area contributed by atoms with Gasteiger partial charge in [0.2, 0.25) is 0 Å². The average Bonchev–Trinajstić information content (AvgIpc) is 2.93. The molecule has 0 saturated heterocycles. The summed E-state index contributed by atoms with van der Waals surface area (Å²) in [5.74, 6) is -0.737. The summed E-state index contributed by atoms with van der Waals surface area (Å²) in [6.45, 7) is 14.5. The van der Waals surface area contributed by atoms with Crippen LogP contribution in [-0.2, 0) is 9.53 Å². The Kier molecular flexibility index (Phi) is 11.0. The van der Waals surface area contributed by atoms with E-state index in [1.807, 2.05) is 88.4 Å². The normalized spacial score (nSPS) is 13.7. The van der Waals surface area contributed by atoms with Crippen LogP contribution in [0.2, 0.25) is 0 Å². The molecular weight excluding hydrogens is 564 g/mol. The molecule has 1 unspecified atom stereocenters. The van der Waals surface area contributed by atoms with Crippen molar-refractivity contribution >= 4 is 23.8 Å². The predicted molar refractivity (Wildman–Crippen MR) is 169 cm³/mol. The molecule has 0 bridgehead atoms. The van der Waals surface area contributed by atoms with E-state index in [4.69, 9.17) is 9.47 Å². The number of esters is 1. The molecule has 0 aromatic heterocycles. The first kappa shape index (κ1) is 33.6. The minimum atomic E-state index is -2.36. The molecule has 1 amide bonds. The van der Waals surface area contributed by atoms with Gasteiger partial charge < -0.3 is 14.8 Å². The Morgan fingerprint density at radius 3 is 1.86 bits per heavy atom. The van der Waals surface area contributed by atoms with Crippen molar-refractivity contribution in [1.82, 2.24) is 5.32 Å². The molecule has 2 atom stereocenters. The van der Waals surface area contributed by atoms with Crippen molar-refractivity contribution < 1.29 is 24.0 Å². The van der Waals surface area contributed by atoms with Crippen molar-refractivity contribution in [1.29, 1.82) is 0 Å². The van der Waals surface area contributed by atoms with Crippen molar-refractivity contribution in [2.24, 2.45) is 0 Å². The molecule has 43 heavy (non-hydrogen) atoms. The number of amides is 1. The third kappa shape index (κ3) is 8.16. The first-order valence-electron chi connectivity index (χ1n) is 14.5.